The molecule has 0 unspecified atom stereocenters. The van der Waals surface area contributed by atoms with Gasteiger partial charge in [0.2, 0.25) is 0 Å². The zero-order valence-corrected chi connectivity index (χ0v) is 11.3. The van der Waals surface area contributed by atoms with Gasteiger partial charge in [0.25, 0.3) is 5.91 Å². The normalized spacial score (nSPS) is 14.7. The first-order valence-corrected chi connectivity index (χ1v) is 6.63. The number of hydrogen-bond acceptors (Lipinski definition) is 3. The second-order valence-corrected chi connectivity index (χ2v) is 5.01. The largest absolute Gasteiger partial charge is 0.573 e. The van der Waals surface area contributed by atoms with E-state index < -0.39 is 18.0 Å². The highest BCUT2D eigenvalue weighted by atomic mass is 19.4. The number of nitrogens with zero attached hydrogens (tertiary/aromatic N) is 1. The summed E-state index contributed by atoms with van der Waals surface area (Å²) >= 11 is 0. The topological polar surface area (TPSA) is 67.0 Å². The lowest BCUT2D eigenvalue weighted by atomic mass is 10.2. The third-order valence-electron chi connectivity index (χ3n) is 3.17. The Labute approximate surface area is 123 Å². The second kappa shape index (κ2) is 5.36. The second-order valence-electron chi connectivity index (χ2n) is 5.01. The summed E-state index contributed by atoms with van der Waals surface area (Å²) < 4.78 is 40.3. The van der Waals surface area contributed by atoms with Crippen LogP contribution in [0.5, 0.6) is 5.75 Å². The Morgan fingerprint density at radius 1 is 1.32 bits per heavy atom. The van der Waals surface area contributed by atoms with E-state index in [1.165, 1.54) is 12.1 Å². The number of rotatable bonds is 4. The summed E-state index contributed by atoms with van der Waals surface area (Å²) in [5.41, 5.74) is 1.30. The average molecular weight is 311 g/mol. The summed E-state index contributed by atoms with van der Waals surface area (Å²) in [4.78, 5) is 12.0. The summed E-state index contributed by atoms with van der Waals surface area (Å²) in [5, 5.41) is 9.19. The predicted molar refractivity (Wildman–Crippen MR) is 71.6 cm³/mol. The molecule has 0 aliphatic heterocycles. The van der Waals surface area contributed by atoms with E-state index in [4.69, 9.17) is 0 Å². The summed E-state index contributed by atoms with van der Waals surface area (Å²) in [5.74, 6) is -0.462. The zero-order valence-electron chi connectivity index (χ0n) is 11.3. The first-order chi connectivity index (χ1) is 10.4. The lowest BCUT2D eigenvalue weighted by molar-refractivity contribution is -0.274. The zero-order chi connectivity index (χ0) is 15.7. The van der Waals surface area contributed by atoms with Crippen LogP contribution >= 0.6 is 0 Å². The molecule has 1 heterocycles. The van der Waals surface area contributed by atoms with Crippen molar-refractivity contribution in [1.82, 2.24) is 10.2 Å². The molecule has 1 aromatic carbocycles. The van der Waals surface area contributed by atoms with Gasteiger partial charge in [-0.1, -0.05) is 6.07 Å². The Morgan fingerprint density at radius 2 is 2.09 bits per heavy atom. The van der Waals surface area contributed by atoms with Crippen LogP contribution in [-0.2, 0) is 0 Å². The SMILES string of the molecule is O=C(Nc1cccc(OC(F)(F)F)c1)c1cc(C2CC2)[nH]n1. The molecule has 1 aliphatic carbocycles. The maximum atomic E-state index is 12.2. The van der Waals surface area contributed by atoms with Gasteiger partial charge in [0.05, 0.1) is 0 Å². The number of aromatic amines is 1. The molecular weight excluding hydrogens is 299 g/mol. The molecule has 8 heteroatoms. The quantitative estimate of drug-likeness (QED) is 0.909. The molecule has 22 heavy (non-hydrogen) atoms. The highest BCUT2D eigenvalue weighted by molar-refractivity contribution is 6.03. The van der Waals surface area contributed by atoms with Crippen LogP contribution in [0.2, 0.25) is 0 Å². The number of amides is 1. The van der Waals surface area contributed by atoms with Gasteiger partial charge < -0.3 is 10.1 Å². The van der Waals surface area contributed by atoms with Gasteiger partial charge >= 0.3 is 6.36 Å². The van der Waals surface area contributed by atoms with E-state index in [0.29, 0.717) is 5.92 Å². The summed E-state index contributed by atoms with van der Waals surface area (Å²) in [7, 11) is 0. The van der Waals surface area contributed by atoms with Gasteiger partial charge in [-0.3, -0.25) is 9.89 Å². The Bertz CT molecular complexity index is 693. The van der Waals surface area contributed by atoms with E-state index in [2.05, 4.69) is 20.3 Å². The third-order valence-corrected chi connectivity index (χ3v) is 3.17. The summed E-state index contributed by atoms with van der Waals surface area (Å²) in [6.45, 7) is 0. The maximum absolute atomic E-state index is 12.2. The number of carbonyl (C=O) groups excluding carboxylic acids is 1. The van der Waals surface area contributed by atoms with Crippen molar-refractivity contribution in [2.24, 2.45) is 0 Å². The minimum atomic E-state index is -4.77. The number of H-pyrrole nitrogens is 1. The van der Waals surface area contributed by atoms with Crippen LogP contribution < -0.4 is 10.1 Å². The lowest BCUT2D eigenvalue weighted by Gasteiger charge is -2.10. The van der Waals surface area contributed by atoms with Crippen LogP contribution in [0, 0.1) is 0 Å². The molecule has 0 saturated heterocycles. The van der Waals surface area contributed by atoms with E-state index >= 15 is 0 Å². The number of anilines is 1. The molecule has 0 radical (unpaired) electrons. The fourth-order valence-electron chi connectivity index (χ4n) is 2.02. The van der Waals surface area contributed by atoms with Gasteiger partial charge in [-0.05, 0) is 31.0 Å². The van der Waals surface area contributed by atoms with Crippen molar-refractivity contribution < 1.29 is 22.7 Å². The van der Waals surface area contributed by atoms with Gasteiger partial charge in [-0.15, -0.1) is 13.2 Å². The van der Waals surface area contributed by atoms with Crippen molar-refractivity contribution >= 4 is 11.6 Å². The van der Waals surface area contributed by atoms with E-state index in [-0.39, 0.29) is 11.4 Å². The van der Waals surface area contributed by atoms with Crippen molar-refractivity contribution in [1.29, 1.82) is 0 Å². The third kappa shape index (κ3) is 3.57. The van der Waals surface area contributed by atoms with E-state index in [1.807, 2.05) is 0 Å². The fourth-order valence-corrected chi connectivity index (χ4v) is 2.02. The highest BCUT2D eigenvalue weighted by Crippen LogP contribution is 2.39. The Morgan fingerprint density at radius 3 is 2.77 bits per heavy atom. The average Bonchev–Trinajstić information content (AvgIpc) is 3.14. The molecule has 1 fully saturated rings. The molecule has 0 atom stereocenters. The molecule has 3 rings (SSSR count). The van der Waals surface area contributed by atoms with Crippen LogP contribution in [0.4, 0.5) is 18.9 Å². The van der Waals surface area contributed by atoms with Crippen LogP contribution in [-0.4, -0.2) is 22.5 Å². The molecule has 1 amide bonds. The highest BCUT2D eigenvalue weighted by Gasteiger charge is 2.31. The number of nitrogens with one attached hydrogen (secondary N) is 2. The van der Waals surface area contributed by atoms with Gasteiger partial charge in [0, 0.05) is 23.4 Å². The van der Waals surface area contributed by atoms with Crippen molar-refractivity contribution in [2.45, 2.75) is 25.1 Å². The first kappa shape index (κ1) is 14.4. The molecular formula is C14H12F3N3O2. The molecule has 1 aromatic heterocycles. The molecule has 2 N–H and O–H groups in total. The number of hydrogen-bond donors (Lipinski definition) is 2. The summed E-state index contributed by atoms with van der Waals surface area (Å²) in [6.07, 6.45) is -2.63. The van der Waals surface area contributed by atoms with Gasteiger partial charge in [0.15, 0.2) is 5.69 Å². The van der Waals surface area contributed by atoms with Crippen LogP contribution in [0.1, 0.15) is 34.9 Å². The minimum Gasteiger partial charge on any atom is -0.406 e. The summed E-state index contributed by atoms with van der Waals surface area (Å²) in [6, 6.07) is 6.73. The van der Waals surface area contributed by atoms with Gasteiger partial charge in [-0.2, -0.15) is 5.10 Å². The maximum Gasteiger partial charge on any atom is 0.573 e. The predicted octanol–water partition coefficient (Wildman–Crippen LogP) is 3.44. The number of carbonyl (C=O) groups is 1. The lowest BCUT2D eigenvalue weighted by Crippen LogP contribution is -2.17. The van der Waals surface area contributed by atoms with Crippen LogP contribution in [0.15, 0.2) is 30.3 Å². The first-order valence-electron chi connectivity index (χ1n) is 6.63. The molecule has 1 saturated carbocycles. The molecule has 0 spiro atoms. The molecule has 2 aromatic rings. The molecule has 116 valence electrons. The fraction of sp³-hybridized carbons (Fsp3) is 0.286. The van der Waals surface area contributed by atoms with Crippen molar-refractivity contribution in [3.63, 3.8) is 0 Å². The van der Waals surface area contributed by atoms with E-state index in [1.54, 1.807) is 6.07 Å². The molecule has 1 aliphatic rings. The Balaban J connectivity index is 1.68. The van der Waals surface area contributed by atoms with Crippen molar-refractivity contribution in [3.05, 3.63) is 41.7 Å². The number of ether oxygens (including phenoxy) is 1. The van der Waals surface area contributed by atoms with Gasteiger partial charge in [-0.25, -0.2) is 0 Å². The number of aromatic nitrogens is 2. The minimum absolute atomic E-state index is 0.197. The number of halogens is 3. The Hall–Kier alpha value is -2.51. The molecule has 5 nitrogen and oxygen atoms in total. The van der Waals surface area contributed by atoms with E-state index in [9.17, 15) is 18.0 Å². The van der Waals surface area contributed by atoms with E-state index in [0.717, 1.165) is 30.7 Å². The monoisotopic (exact) mass is 311 g/mol. The van der Waals surface area contributed by atoms with Gasteiger partial charge in [0.1, 0.15) is 5.75 Å². The molecule has 0 bridgehead atoms. The Kier molecular flexibility index (Phi) is 3.51. The van der Waals surface area contributed by atoms with Crippen LogP contribution in [0.25, 0.3) is 0 Å². The number of benzene rings is 1. The van der Waals surface area contributed by atoms with Crippen LogP contribution in [0.3, 0.4) is 0 Å². The number of alkyl halides is 3. The standard InChI is InChI=1S/C14H12F3N3O2/c15-14(16,17)22-10-3-1-2-9(6-10)18-13(21)12-7-11(19-20-12)8-4-5-8/h1-3,6-8H,4-5H2,(H,18,21)(H,19,20). The van der Waals surface area contributed by atoms with Crippen molar-refractivity contribution in [3.8, 4) is 5.75 Å². The van der Waals surface area contributed by atoms with Crippen molar-refractivity contribution in [2.75, 3.05) is 5.32 Å². The smallest absolute Gasteiger partial charge is 0.406 e.